The van der Waals surface area contributed by atoms with Crippen molar-refractivity contribution >= 4 is 29.2 Å². The van der Waals surface area contributed by atoms with Crippen molar-refractivity contribution in [3.8, 4) is 11.5 Å². The molecule has 154 valence electrons. The molecule has 4 rings (SSSR count). The molecule has 3 aromatic carbocycles. The molecule has 1 amide bonds. The lowest BCUT2D eigenvalue weighted by Crippen LogP contribution is -2.32. The van der Waals surface area contributed by atoms with Gasteiger partial charge in [0.05, 0.1) is 23.8 Å². The van der Waals surface area contributed by atoms with Crippen molar-refractivity contribution in [2.75, 3.05) is 12.0 Å². The Bertz CT molecular complexity index is 1220. The number of ether oxygens (including phenoxy) is 1. The van der Waals surface area contributed by atoms with Gasteiger partial charge in [-0.3, -0.25) is 19.8 Å². The van der Waals surface area contributed by atoms with Gasteiger partial charge in [-0.2, -0.15) is 0 Å². The number of carbonyl (C=O) groups is 1. The summed E-state index contributed by atoms with van der Waals surface area (Å²) in [6.07, 6.45) is 1.63. The smallest absolute Gasteiger partial charge is 0.282 e. The molecule has 8 heteroatoms. The highest BCUT2D eigenvalue weighted by molar-refractivity contribution is 6.33. The molecular weight excluding hydrogens is 398 g/mol. The van der Waals surface area contributed by atoms with E-state index in [1.165, 1.54) is 17.0 Å². The largest absolute Gasteiger partial charge is 0.505 e. The molecule has 0 fully saturated rings. The highest BCUT2D eigenvalue weighted by atomic mass is 16.6. The summed E-state index contributed by atoms with van der Waals surface area (Å²) in [5.41, 5.74) is 1.40. The number of phenolic OH excluding ortho intramolecular Hbond substituents is 1. The molecule has 1 aliphatic heterocycles. The highest BCUT2D eigenvalue weighted by Crippen LogP contribution is 2.36. The monoisotopic (exact) mass is 415 g/mol. The Hall–Kier alpha value is -4.46. The van der Waals surface area contributed by atoms with Crippen LogP contribution in [0.1, 0.15) is 11.1 Å². The van der Waals surface area contributed by atoms with Crippen molar-refractivity contribution in [2.45, 2.75) is 0 Å². The molecule has 0 saturated heterocycles. The van der Waals surface area contributed by atoms with Crippen LogP contribution in [0, 0.1) is 10.1 Å². The normalized spacial score (nSPS) is 14.6. The third-order valence-corrected chi connectivity index (χ3v) is 4.72. The standard InChI is InChI=1S/C23H17N3O5/c1-31-18-10-7-15(8-11-18)13-19-23(28)25(22(24-19)16-5-3-2-4-6-16)20-12-9-17(26(29)30)14-21(20)27/h2-14,27H,1H3. The summed E-state index contributed by atoms with van der Waals surface area (Å²) in [4.78, 5) is 29.4. The molecule has 31 heavy (non-hydrogen) atoms. The van der Waals surface area contributed by atoms with E-state index in [-0.39, 0.29) is 17.1 Å². The first-order valence-electron chi connectivity index (χ1n) is 9.29. The van der Waals surface area contributed by atoms with Crippen LogP contribution < -0.4 is 9.64 Å². The van der Waals surface area contributed by atoms with Crippen LogP contribution in [-0.4, -0.2) is 28.9 Å². The predicted octanol–water partition coefficient (Wildman–Crippen LogP) is 4.14. The van der Waals surface area contributed by atoms with Gasteiger partial charge in [0.25, 0.3) is 11.6 Å². The summed E-state index contributed by atoms with van der Waals surface area (Å²) in [7, 11) is 1.57. The molecule has 0 aromatic heterocycles. The van der Waals surface area contributed by atoms with Crippen molar-refractivity contribution in [2.24, 2.45) is 4.99 Å². The highest BCUT2D eigenvalue weighted by Gasteiger charge is 2.34. The second-order valence-electron chi connectivity index (χ2n) is 6.67. The van der Waals surface area contributed by atoms with Crippen molar-refractivity contribution in [3.05, 3.63) is 99.7 Å². The number of benzene rings is 3. The minimum absolute atomic E-state index is 0.108. The molecule has 1 heterocycles. The summed E-state index contributed by atoms with van der Waals surface area (Å²) in [6.45, 7) is 0. The maximum atomic E-state index is 13.3. The lowest BCUT2D eigenvalue weighted by Gasteiger charge is -2.19. The van der Waals surface area contributed by atoms with Gasteiger partial charge >= 0.3 is 0 Å². The van der Waals surface area contributed by atoms with Crippen LogP contribution in [0.2, 0.25) is 0 Å². The van der Waals surface area contributed by atoms with Crippen LogP contribution >= 0.6 is 0 Å². The zero-order valence-electron chi connectivity index (χ0n) is 16.4. The van der Waals surface area contributed by atoms with Crippen LogP contribution in [0.5, 0.6) is 11.5 Å². The molecule has 0 bridgehead atoms. The molecular formula is C23H17N3O5. The third kappa shape index (κ3) is 3.86. The molecule has 0 unspecified atom stereocenters. The van der Waals surface area contributed by atoms with Crippen LogP contribution in [0.25, 0.3) is 6.08 Å². The van der Waals surface area contributed by atoms with Crippen LogP contribution in [0.4, 0.5) is 11.4 Å². The number of rotatable bonds is 5. The fourth-order valence-corrected chi connectivity index (χ4v) is 3.19. The molecule has 1 aliphatic rings. The molecule has 0 atom stereocenters. The minimum atomic E-state index is -0.615. The lowest BCUT2D eigenvalue weighted by molar-refractivity contribution is -0.384. The van der Waals surface area contributed by atoms with Gasteiger partial charge in [-0.1, -0.05) is 42.5 Å². The number of aromatic hydroxyl groups is 1. The number of hydrogen-bond donors (Lipinski definition) is 1. The van der Waals surface area contributed by atoms with E-state index in [0.717, 1.165) is 11.6 Å². The molecule has 1 N–H and O–H groups in total. The Labute approximate surface area is 177 Å². The minimum Gasteiger partial charge on any atom is -0.505 e. The number of hydrogen-bond acceptors (Lipinski definition) is 6. The first-order valence-corrected chi connectivity index (χ1v) is 9.29. The Morgan fingerprint density at radius 2 is 1.77 bits per heavy atom. The van der Waals surface area contributed by atoms with Gasteiger partial charge in [-0.25, -0.2) is 4.99 Å². The van der Waals surface area contributed by atoms with Crippen molar-refractivity contribution in [1.29, 1.82) is 0 Å². The van der Waals surface area contributed by atoms with Gasteiger partial charge in [0.1, 0.15) is 23.0 Å². The van der Waals surface area contributed by atoms with E-state index in [4.69, 9.17) is 4.74 Å². The maximum Gasteiger partial charge on any atom is 0.282 e. The number of phenols is 1. The predicted molar refractivity (Wildman–Crippen MR) is 116 cm³/mol. The van der Waals surface area contributed by atoms with E-state index in [1.54, 1.807) is 61.7 Å². The number of nitro benzene ring substituents is 1. The summed E-state index contributed by atoms with van der Waals surface area (Å²) in [5, 5.41) is 21.4. The number of anilines is 1. The molecule has 0 radical (unpaired) electrons. The fourth-order valence-electron chi connectivity index (χ4n) is 3.19. The summed E-state index contributed by atoms with van der Waals surface area (Å²) in [5.74, 6) is 0.149. The first-order chi connectivity index (χ1) is 15.0. The van der Waals surface area contributed by atoms with E-state index in [1.807, 2.05) is 6.07 Å². The molecule has 0 saturated carbocycles. The van der Waals surface area contributed by atoms with Gasteiger partial charge in [-0.05, 0) is 29.8 Å². The fraction of sp³-hybridized carbons (Fsp3) is 0.0435. The molecule has 0 aliphatic carbocycles. The third-order valence-electron chi connectivity index (χ3n) is 4.72. The Morgan fingerprint density at radius 1 is 1.06 bits per heavy atom. The average molecular weight is 415 g/mol. The van der Waals surface area contributed by atoms with E-state index >= 15 is 0 Å². The van der Waals surface area contributed by atoms with Crippen molar-refractivity contribution < 1.29 is 19.6 Å². The Kier molecular flexibility index (Phi) is 5.19. The number of amides is 1. The van der Waals surface area contributed by atoms with E-state index in [9.17, 15) is 20.0 Å². The zero-order chi connectivity index (χ0) is 22.0. The number of non-ortho nitro benzene ring substituents is 1. The van der Waals surface area contributed by atoms with Crippen molar-refractivity contribution in [1.82, 2.24) is 0 Å². The van der Waals surface area contributed by atoms with Crippen LogP contribution in [0.15, 0.2) is 83.5 Å². The number of nitrogens with zero attached hydrogens (tertiary/aromatic N) is 3. The lowest BCUT2D eigenvalue weighted by atomic mass is 10.1. The quantitative estimate of drug-likeness (QED) is 0.383. The first kappa shape index (κ1) is 19.8. The van der Waals surface area contributed by atoms with E-state index < -0.39 is 16.6 Å². The van der Waals surface area contributed by atoms with Crippen LogP contribution in [0.3, 0.4) is 0 Å². The number of carbonyl (C=O) groups excluding carboxylic acids is 1. The molecule has 8 nitrogen and oxygen atoms in total. The maximum absolute atomic E-state index is 13.3. The SMILES string of the molecule is COc1ccc(C=C2N=C(c3ccccc3)N(c3ccc([N+](=O)[O-])cc3O)C2=O)cc1. The van der Waals surface area contributed by atoms with Gasteiger partial charge in [-0.15, -0.1) is 0 Å². The second-order valence-corrected chi connectivity index (χ2v) is 6.67. The van der Waals surface area contributed by atoms with Gasteiger partial charge < -0.3 is 9.84 Å². The molecule has 0 spiro atoms. The average Bonchev–Trinajstić information content (AvgIpc) is 3.10. The number of methoxy groups -OCH3 is 1. The zero-order valence-corrected chi connectivity index (χ0v) is 16.4. The van der Waals surface area contributed by atoms with Gasteiger partial charge in [0, 0.05) is 11.6 Å². The Morgan fingerprint density at radius 3 is 2.39 bits per heavy atom. The molecule has 3 aromatic rings. The van der Waals surface area contributed by atoms with E-state index in [0.29, 0.717) is 17.1 Å². The summed E-state index contributed by atoms with van der Waals surface area (Å²) < 4.78 is 5.15. The number of nitro groups is 1. The number of aliphatic imine (C=N–C) groups is 1. The second kappa shape index (κ2) is 8.11. The topological polar surface area (TPSA) is 105 Å². The summed E-state index contributed by atoms with van der Waals surface area (Å²) in [6, 6.07) is 19.7. The number of amidine groups is 1. The van der Waals surface area contributed by atoms with E-state index in [2.05, 4.69) is 4.99 Å². The van der Waals surface area contributed by atoms with Crippen LogP contribution in [-0.2, 0) is 4.79 Å². The van der Waals surface area contributed by atoms with Crippen molar-refractivity contribution in [3.63, 3.8) is 0 Å². The van der Waals surface area contributed by atoms with Gasteiger partial charge in [0.2, 0.25) is 0 Å². The van der Waals surface area contributed by atoms with Gasteiger partial charge in [0.15, 0.2) is 0 Å². The Balaban J connectivity index is 1.80. The summed E-state index contributed by atoms with van der Waals surface area (Å²) >= 11 is 0.